The van der Waals surface area contributed by atoms with Crippen LogP contribution in [0.1, 0.15) is 81.9 Å². The minimum Gasteiger partial charge on any atom is -0.453 e. The normalized spacial score (nSPS) is 24.0. The van der Waals surface area contributed by atoms with Crippen molar-refractivity contribution >= 4 is 68.0 Å². The molecule has 4 amide bonds. The molecule has 2 saturated heterocycles. The quantitative estimate of drug-likeness (QED) is 0.138. The molecule has 13 heteroatoms. The number of piperidine rings is 2. The number of rotatable bonds is 8. The Morgan fingerprint density at radius 3 is 1.85 bits per heavy atom. The second-order valence-electron chi connectivity index (χ2n) is 18.4. The van der Waals surface area contributed by atoms with Crippen LogP contribution in [-0.4, -0.2) is 93.9 Å². The number of alkyl carbamates (subject to hydrolysis) is 2. The number of imidazole rings is 1. The number of aliphatic imine (C=N–C) groups is 1. The van der Waals surface area contributed by atoms with E-state index in [-0.39, 0.29) is 47.8 Å². The lowest BCUT2D eigenvalue weighted by Crippen LogP contribution is -2.55. The molecule has 318 valence electrons. The zero-order chi connectivity index (χ0) is 43.1. The SMILES string of the molecule is COC(=O)N[C@H](C(=O)N1C2CC2C[C@H]1c1nc2c(ccc3cc(C#Cc4ccc5c6c(ccc5c4)N=C([C@@H]4C[C@H]5C[C@H]5N4C(=O)[C@@H](NC(=O)OC)C(C)C)C6)ccc32)[nH]1)C(C)C. The molecule has 2 unspecified atom stereocenters. The Hall–Kier alpha value is -6.42. The Bertz CT molecular complexity index is 2800. The van der Waals surface area contributed by atoms with Gasteiger partial charge in [0.2, 0.25) is 11.8 Å². The van der Waals surface area contributed by atoms with Crippen LogP contribution in [0, 0.1) is 35.5 Å². The number of aromatic amines is 1. The molecule has 62 heavy (non-hydrogen) atoms. The third-order valence-corrected chi connectivity index (χ3v) is 13.8. The van der Waals surface area contributed by atoms with E-state index in [1.807, 2.05) is 49.6 Å². The van der Waals surface area contributed by atoms with Crippen LogP contribution in [0.2, 0.25) is 0 Å². The van der Waals surface area contributed by atoms with Gasteiger partial charge in [0.1, 0.15) is 17.9 Å². The number of fused-ring (bicyclic) bond motifs is 8. The Balaban J connectivity index is 0.856. The summed E-state index contributed by atoms with van der Waals surface area (Å²) in [5.41, 5.74) is 6.68. The molecule has 5 aromatic rings. The summed E-state index contributed by atoms with van der Waals surface area (Å²) < 4.78 is 9.66. The topological polar surface area (TPSA) is 158 Å². The predicted molar refractivity (Wildman–Crippen MR) is 236 cm³/mol. The lowest BCUT2D eigenvalue weighted by atomic mass is 9.95. The van der Waals surface area contributed by atoms with Gasteiger partial charge in [-0.15, -0.1) is 0 Å². The first kappa shape index (κ1) is 39.7. The lowest BCUT2D eigenvalue weighted by molar-refractivity contribution is -0.137. The largest absolute Gasteiger partial charge is 0.453 e. The molecule has 8 atom stereocenters. The van der Waals surface area contributed by atoms with E-state index >= 15 is 0 Å². The van der Waals surface area contributed by atoms with Crippen LogP contribution in [0.3, 0.4) is 0 Å². The van der Waals surface area contributed by atoms with Crippen LogP contribution in [0.25, 0.3) is 32.6 Å². The summed E-state index contributed by atoms with van der Waals surface area (Å²) in [6.45, 7) is 7.73. The fraction of sp³-hybridized carbons (Fsp3) is 0.429. The van der Waals surface area contributed by atoms with Gasteiger partial charge >= 0.3 is 12.2 Å². The average Bonchev–Trinajstić information content (AvgIpc) is 3.91. The van der Waals surface area contributed by atoms with Gasteiger partial charge in [-0.1, -0.05) is 63.8 Å². The smallest absolute Gasteiger partial charge is 0.407 e. The number of carbonyl (C=O) groups is 4. The Kier molecular flexibility index (Phi) is 9.72. The van der Waals surface area contributed by atoms with E-state index in [1.165, 1.54) is 19.8 Å². The molecular formula is C49H51N7O6. The Labute approximate surface area is 360 Å². The maximum atomic E-state index is 14.0. The van der Waals surface area contributed by atoms with E-state index in [2.05, 4.69) is 76.0 Å². The van der Waals surface area contributed by atoms with Crippen molar-refractivity contribution in [1.29, 1.82) is 0 Å². The van der Waals surface area contributed by atoms with Gasteiger partial charge in [-0.25, -0.2) is 14.6 Å². The number of hydrogen-bond donors (Lipinski definition) is 3. The Morgan fingerprint density at radius 1 is 0.710 bits per heavy atom. The van der Waals surface area contributed by atoms with Gasteiger partial charge in [-0.2, -0.15) is 0 Å². The number of nitrogens with zero attached hydrogens (tertiary/aromatic N) is 4. The number of benzene rings is 4. The standard InChI is InChI=1S/C49H51N7O6/c1-24(2)42(53-48(59)61-5)46(57)55-38-19-30(38)21-40(55)37-23-34-32-13-9-26(17-28(32)11-15-35(34)50-37)7-8-27-10-14-33-29(18-27)12-16-36-44(33)52-45(51-36)41-22-31-20-39(31)56(41)47(58)43(25(3)4)54-49(60)62-6/h9-18,24-25,30-31,38-43H,19-23H2,1-6H3,(H,51,52)(H,53,59)(H,54,60)/t30-,31?,38-,39?,40+,41+,42+,43+/m1/s1. The molecule has 10 rings (SSSR count). The maximum Gasteiger partial charge on any atom is 0.407 e. The number of amides is 4. The summed E-state index contributed by atoms with van der Waals surface area (Å²) in [5, 5.41) is 9.78. The summed E-state index contributed by atoms with van der Waals surface area (Å²) in [5.74, 6) is 8.08. The summed E-state index contributed by atoms with van der Waals surface area (Å²) in [6.07, 6.45) is 3.16. The van der Waals surface area contributed by atoms with Gasteiger partial charge in [0, 0.05) is 40.7 Å². The zero-order valence-electron chi connectivity index (χ0n) is 35.8. The van der Waals surface area contributed by atoms with E-state index in [0.717, 1.165) is 86.6 Å². The van der Waals surface area contributed by atoms with E-state index in [4.69, 9.17) is 19.5 Å². The monoisotopic (exact) mass is 833 g/mol. The number of ether oxygens (including phenoxy) is 2. The molecule has 3 aliphatic heterocycles. The van der Waals surface area contributed by atoms with E-state index in [9.17, 15) is 19.2 Å². The minimum absolute atomic E-state index is 0.0629. The van der Waals surface area contributed by atoms with Gasteiger partial charge in [0.05, 0.1) is 43.0 Å². The zero-order valence-corrected chi connectivity index (χ0v) is 35.8. The fourth-order valence-electron chi connectivity index (χ4n) is 10.3. The first-order valence-corrected chi connectivity index (χ1v) is 21.8. The molecule has 0 radical (unpaired) electrons. The molecule has 0 bridgehead atoms. The number of methoxy groups -OCH3 is 2. The van der Waals surface area contributed by atoms with Crippen molar-refractivity contribution in [2.75, 3.05) is 14.2 Å². The number of aromatic nitrogens is 2. The number of likely N-dealkylation sites (tertiary alicyclic amines) is 2. The average molecular weight is 834 g/mol. The fourth-order valence-corrected chi connectivity index (χ4v) is 10.3. The van der Waals surface area contributed by atoms with Gasteiger partial charge in [0.15, 0.2) is 0 Å². The van der Waals surface area contributed by atoms with Crippen LogP contribution in [0.5, 0.6) is 0 Å². The predicted octanol–water partition coefficient (Wildman–Crippen LogP) is 7.31. The van der Waals surface area contributed by atoms with Gasteiger partial charge in [-0.05, 0) is 107 Å². The maximum absolute atomic E-state index is 14.0. The number of carbonyl (C=O) groups excluding carboxylic acids is 4. The molecule has 13 nitrogen and oxygen atoms in total. The summed E-state index contributed by atoms with van der Waals surface area (Å²) in [6, 6.07) is 19.5. The third kappa shape index (κ3) is 6.89. The van der Waals surface area contributed by atoms with E-state index in [0.29, 0.717) is 18.3 Å². The van der Waals surface area contributed by atoms with Gasteiger partial charge < -0.3 is 34.9 Å². The molecule has 4 heterocycles. The molecular weight excluding hydrogens is 783 g/mol. The molecule has 0 spiro atoms. The van der Waals surface area contributed by atoms with Crippen molar-refractivity contribution in [3.8, 4) is 11.8 Å². The van der Waals surface area contributed by atoms with Crippen molar-refractivity contribution in [3.63, 3.8) is 0 Å². The van der Waals surface area contributed by atoms with Crippen LogP contribution < -0.4 is 10.6 Å². The van der Waals surface area contributed by atoms with Gasteiger partial charge in [0.25, 0.3) is 0 Å². The van der Waals surface area contributed by atoms with E-state index < -0.39 is 24.3 Å². The highest BCUT2D eigenvalue weighted by Gasteiger charge is 2.57. The van der Waals surface area contributed by atoms with Gasteiger partial charge in [-0.3, -0.25) is 14.6 Å². The number of nitrogens with one attached hydrogen (secondary N) is 3. The molecule has 2 aliphatic carbocycles. The summed E-state index contributed by atoms with van der Waals surface area (Å²) in [7, 11) is 2.62. The highest BCUT2D eigenvalue weighted by Crippen LogP contribution is 2.54. The number of H-pyrrole nitrogens is 1. The van der Waals surface area contributed by atoms with Crippen molar-refractivity contribution in [2.45, 2.75) is 96.1 Å². The molecule has 4 aromatic carbocycles. The Morgan fingerprint density at radius 2 is 1.26 bits per heavy atom. The van der Waals surface area contributed by atoms with Crippen molar-refractivity contribution in [3.05, 3.63) is 83.2 Å². The van der Waals surface area contributed by atoms with E-state index in [1.54, 1.807) is 0 Å². The van der Waals surface area contributed by atoms with Crippen LogP contribution >= 0.6 is 0 Å². The van der Waals surface area contributed by atoms with Crippen molar-refractivity contribution < 1.29 is 28.7 Å². The molecule has 4 fully saturated rings. The van der Waals surface area contributed by atoms with Crippen LogP contribution in [-0.2, 0) is 25.5 Å². The second kappa shape index (κ2) is 15.2. The van der Waals surface area contributed by atoms with Crippen LogP contribution in [0.15, 0.2) is 65.7 Å². The summed E-state index contributed by atoms with van der Waals surface area (Å²) >= 11 is 0. The summed E-state index contributed by atoms with van der Waals surface area (Å²) in [4.78, 5) is 69.8. The highest BCUT2D eigenvalue weighted by atomic mass is 16.5. The second-order valence-corrected chi connectivity index (χ2v) is 18.4. The molecule has 2 saturated carbocycles. The van der Waals surface area contributed by atoms with Crippen molar-refractivity contribution in [1.82, 2.24) is 30.4 Å². The molecule has 5 aliphatic rings. The molecule has 3 N–H and O–H groups in total. The first-order chi connectivity index (χ1) is 29.9. The number of hydrogen-bond acceptors (Lipinski definition) is 8. The van der Waals surface area contributed by atoms with Crippen molar-refractivity contribution in [2.24, 2.45) is 28.7 Å². The third-order valence-electron chi connectivity index (χ3n) is 13.8. The lowest BCUT2D eigenvalue weighted by Gasteiger charge is -2.33. The first-order valence-electron chi connectivity index (χ1n) is 21.8. The molecule has 1 aromatic heterocycles. The minimum atomic E-state index is -0.686. The highest BCUT2D eigenvalue weighted by molar-refractivity contribution is 6.06. The van der Waals surface area contributed by atoms with Crippen LogP contribution in [0.4, 0.5) is 15.3 Å².